The van der Waals surface area contributed by atoms with Crippen LogP contribution < -0.4 is 10.1 Å². The molecule has 1 heterocycles. The molecule has 0 saturated heterocycles. The van der Waals surface area contributed by atoms with Crippen LogP contribution in [0.2, 0.25) is 0 Å². The summed E-state index contributed by atoms with van der Waals surface area (Å²) in [5, 5.41) is 3.58. The molecule has 2 aromatic rings. The molecule has 1 aromatic carbocycles. The van der Waals surface area contributed by atoms with Gasteiger partial charge in [-0.1, -0.05) is 13.0 Å². The number of hydrogen-bond acceptors (Lipinski definition) is 3. The van der Waals surface area contributed by atoms with Gasteiger partial charge in [-0.2, -0.15) is 0 Å². The van der Waals surface area contributed by atoms with Gasteiger partial charge in [0.25, 0.3) is 0 Å². The Labute approximate surface area is 147 Å². The largest absolute Gasteiger partial charge is 0.496 e. The Hall–Kier alpha value is -0.360. The Morgan fingerprint density at radius 2 is 2.05 bits per heavy atom. The van der Waals surface area contributed by atoms with Gasteiger partial charge in [-0.05, 0) is 81.1 Å². The lowest BCUT2D eigenvalue weighted by atomic mass is 10.0. The maximum atomic E-state index is 5.29. The van der Waals surface area contributed by atoms with Crippen LogP contribution in [0.3, 0.4) is 0 Å². The van der Waals surface area contributed by atoms with Crippen LogP contribution in [0.15, 0.2) is 32.5 Å². The van der Waals surface area contributed by atoms with E-state index in [-0.39, 0.29) is 0 Å². The standard InChI is InChI=1S/C16H19Br2NOS/c1-4-19-13(15-7-10(2)16(18)21-15)9-11-5-6-14(20-3)12(17)8-11/h5-8,13,19H,4,9H2,1-3H3. The van der Waals surface area contributed by atoms with Crippen LogP contribution in [0.4, 0.5) is 0 Å². The predicted molar refractivity (Wildman–Crippen MR) is 97.6 cm³/mol. The van der Waals surface area contributed by atoms with Crippen molar-refractivity contribution in [1.29, 1.82) is 0 Å². The summed E-state index contributed by atoms with van der Waals surface area (Å²) in [6, 6.07) is 8.88. The number of ether oxygens (including phenoxy) is 1. The number of nitrogens with one attached hydrogen (secondary N) is 1. The molecule has 114 valence electrons. The number of hydrogen-bond donors (Lipinski definition) is 1. The Morgan fingerprint density at radius 1 is 1.29 bits per heavy atom. The normalized spacial score (nSPS) is 12.4. The molecule has 0 amide bonds. The number of halogens is 2. The van der Waals surface area contributed by atoms with Gasteiger partial charge in [-0.15, -0.1) is 11.3 Å². The number of aryl methyl sites for hydroxylation is 1. The SMILES string of the molecule is CCNC(Cc1ccc(OC)c(Br)c1)c1cc(C)c(Br)s1. The summed E-state index contributed by atoms with van der Waals surface area (Å²) in [6.07, 6.45) is 0.961. The lowest BCUT2D eigenvalue weighted by Crippen LogP contribution is -2.22. The molecule has 2 nitrogen and oxygen atoms in total. The van der Waals surface area contributed by atoms with Gasteiger partial charge in [0.2, 0.25) is 0 Å². The van der Waals surface area contributed by atoms with Gasteiger partial charge in [0.15, 0.2) is 0 Å². The van der Waals surface area contributed by atoms with Gasteiger partial charge < -0.3 is 10.1 Å². The third-order valence-corrected chi connectivity index (χ3v) is 6.20. The van der Waals surface area contributed by atoms with E-state index in [9.17, 15) is 0 Å². The van der Waals surface area contributed by atoms with E-state index >= 15 is 0 Å². The van der Waals surface area contributed by atoms with Crippen LogP contribution in [-0.2, 0) is 6.42 Å². The maximum Gasteiger partial charge on any atom is 0.133 e. The van der Waals surface area contributed by atoms with Crippen molar-refractivity contribution in [1.82, 2.24) is 5.32 Å². The molecule has 0 radical (unpaired) electrons. The van der Waals surface area contributed by atoms with Gasteiger partial charge in [-0.25, -0.2) is 0 Å². The molecule has 0 fully saturated rings. The lowest BCUT2D eigenvalue weighted by molar-refractivity contribution is 0.412. The fourth-order valence-electron chi connectivity index (χ4n) is 2.25. The smallest absolute Gasteiger partial charge is 0.133 e. The maximum absolute atomic E-state index is 5.29. The quantitative estimate of drug-likeness (QED) is 0.652. The van der Waals surface area contributed by atoms with E-state index in [4.69, 9.17) is 4.74 Å². The third-order valence-electron chi connectivity index (χ3n) is 3.33. The molecule has 5 heteroatoms. The minimum Gasteiger partial charge on any atom is -0.496 e. The van der Waals surface area contributed by atoms with Crippen molar-refractivity contribution in [3.05, 3.63) is 48.5 Å². The number of thiophene rings is 1. The molecule has 21 heavy (non-hydrogen) atoms. The second-order valence-corrected chi connectivity index (χ2v) is 8.14. The van der Waals surface area contributed by atoms with Crippen molar-refractivity contribution in [2.24, 2.45) is 0 Å². The highest BCUT2D eigenvalue weighted by atomic mass is 79.9. The number of likely N-dealkylation sites (N-methyl/N-ethyl adjacent to an activating group) is 1. The van der Waals surface area contributed by atoms with Crippen LogP contribution in [0, 0.1) is 6.92 Å². The highest BCUT2D eigenvalue weighted by Gasteiger charge is 2.15. The Kier molecular flexibility index (Phi) is 6.29. The van der Waals surface area contributed by atoms with E-state index in [1.165, 1.54) is 19.8 Å². The third kappa shape index (κ3) is 4.31. The fraction of sp³-hybridized carbons (Fsp3) is 0.375. The van der Waals surface area contributed by atoms with Gasteiger partial charge >= 0.3 is 0 Å². The van der Waals surface area contributed by atoms with Gasteiger partial charge in [0.1, 0.15) is 5.75 Å². The molecule has 0 saturated carbocycles. The topological polar surface area (TPSA) is 21.3 Å². The van der Waals surface area contributed by atoms with E-state index in [2.05, 4.69) is 69.2 Å². The summed E-state index contributed by atoms with van der Waals surface area (Å²) in [7, 11) is 1.69. The second kappa shape index (κ2) is 7.77. The first-order valence-corrected chi connectivity index (χ1v) is 9.27. The van der Waals surface area contributed by atoms with E-state index in [1.807, 2.05) is 17.4 Å². The molecule has 0 aliphatic rings. The first-order chi connectivity index (χ1) is 10.0. The monoisotopic (exact) mass is 431 g/mol. The van der Waals surface area contributed by atoms with Crippen molar-refractivity contribution in [3.8, 4) is 5.75 Å². The minimum absolute atomic E-state index is 0.338. The average molecular weight is 433 g/mol. The predicted octanol–water partition coefficient (Wildman–Crippen LogP) is 5.48. The molecule has 1 N–H and O–H groups in total. The van der Waals surface area contributed by atoms with Crippen molar-refractivity contribution in [2.75, 3.05) is 13.7 Å². The summed E-state index contributed by atoms with van der Waals surface area (Å²) < 4.78 is 7.51. The van der Waals surface area contributed by atoms with Gasteiger partial charge in [0.05, 0.1) is 15.4 Å². The summed E-state index contributed by atoms with van der Waals surface area (Å²) in [6.45, 7) is 5.24. The zero-order valence-corrected chi connectivity index (χ0v) is 16.4. The molecule has 1 aromatic heterocycles. The Bertz CT molecular complexity index is 593. The molecule has 0 spiro atoms. The zero-order chi connectivity index (χ0) is 15.4. The number of methoxy groups -OCH3 is 1. The number of benzene rings is 1. The summed E-state index contributed by atoms with van der Waals surface area (Å²) in [5.41, 5.74) is 2.59. The highest BCUT2D eigenvalue weighted by molar-refractivity contribution is 9.11. The molecule has 0 aliphatic carbocycles. The molecule has 1 atom stereocenters. The fourth-order valence-corrected chi connectivity index (χ4v) is 4.48. The Morgan fingerprint density at radius 3 is 2.57 bits per heavy atom. The summed E-state index contributed by atoms with van der Waals surface area (Å²) in [4.78, 5) is 1.37. The Balaban J connectivity index is 2.21. The molecule has 1 unspecified atom stereocenters. The molecular weight excluding hydrogens is 414 g/mol. The van der Waals surface area contributed by atoms with Crippen LogP contribution in [0.1, 0.15) is 29.0 Å². The van der Waals surface area contributed by atoms with Crippen molar-refractivity contribution >= 4 is 43.2 Å². The highest BCUT2D eigenvalue weighted by Crippen LogP contribution is 2.34. The molecule has 2 rings (SSSR count). The molecular formula is C16H19Br2NOS. The van der Waals surface area contributed by atoms with E-state index in [0.717, 1.165) is 23.2 Å². The molecule has 0 aliphatic heterocycles. The van der Waals surface area contributed by atoms with Crippen LogP contribution in [0.5, 0.6) is 5.75 Å². The zero-order valence-electron chi connectivity index (χ0n) is 12.4. The minimum atomic E-state index is 0.338. The van der Waals surface area contributed by atoms with Crippen molar-refractivity contribution in [3.63, 3.8) is 0 Å². The summed E-state index contributed by atoms with van der Waals surface area (Å²) in [5.74, 6) is 0.869. The second-order valence-electron chi connectivity index (χ2n) is 4.89. The first-order valence-electron chi connectivity index (χ1n) is 6.86. The summed E-state index contributed by atoms with van der Waals surface area (Å²) >= 11 is 8.99. The van der Waals surface area contributed by atoms with Crippen molar-refractivity contribution < 1.29 is 4.74 Å². The van der Waals surface area contributed by atoms with E-state index in [1.54, 1.807) is 7.11 Å². The van der Waals surface area contributed by atoms with Crippen LogP contribution >= 0.6 is 43.2 Å². The molecule has 0 bridgehead atoms. The van der Waals surface area contributed by atoms with E-state index < -0.39 is 0 Å². The van der Waals surface area contributed by atoms with Crippen LogP contribution in [-0.4, -0.2) is 13.7 Å². The first kappa shape index (κ1) is 17.0. The average Bonchev–Trinajstić information content (AvgIpc) is 2.78. The lowest BCUT2D eigenvalue weighted by Gasteiger charge is -2.17. The van der Waals surface area contributed by atoms with Crippen LogP contribution in [0.25, 0.3) is 0 Å². The van der Waals surface area contributed by atoms with E-state index in [0.29, 0.717) is 6.04 Å². The van der Waals surface area contributed by atoms with Gasteiger partial charge in [-0.3, -0.25) is 0 Å². The van der Waals surface area contributed by atoms with Gasteiger partial charge in [0, 0.05) is 10.9 Å². The number of rotatable bonds is 6. The van der Waals surface area contributed by atoms with Crippen molar-refractivity contribution in [2.45, 2.75) is 26.3 Å².